The third-order valence-corrected chi connectivity index (χ3v) is 3.38. The first-order chi connectivity index (χ1) is 10.2. The first-order valence-electron chi connectivity index (χ1n) is 7.01. The van der Waals surface area contributed by atoms with Gasteiger partial charge in [0.25, 0.3) is 0 Å². The van der Waals surface area contributed by atoms with Crippen molar-refractivity contribution < 1.29 is 5.11 Å². The Labute approximate surface area is 126 Å². The second-order valence-electron chi connectivity index (χ2n) is 4.98. The Bertz CT molecular complexity index is 651. The lowest BCUT2D eigenvalue weighted by Gasteiger charge is -2.09. The summed E-state index contributed by atoms with van der Waals surface area (Å²) in [6.07, 6.45) is 7.08. The van der Waals surface area contributed by atoms with Crippen molar-refractivity contribution >= 4 is 0 Å². The minimum atomic E-state index is 0.343. The average molecular weight is 276 g/mol. The molecule has 0 fully saturated rings. The number of aromatic hydroxyl groups is 1. The summed E-state index contributed by atoms with van der Waals surface area (Å²) in [5.74, 6) is 0.343. The van der Waals surface area contributed by atoms with Gasteiger partial charge in [-0.2, -0.15) is 0 Å². The minimum absolute atomic E-state index is 0.343. The van der Waals surface area contributed by atoms with Crippen molar-refractivity contribution in [3.05, 3.63) is 102 Å². The third-order valence-electron chi connectivity index (χ3n) is 3.38. The minimum Gasteiger partial charge on any atom is -0.508 e. The largest absolute Gasteiger partial charge is 0.508 e. The molecule has 0 radical (unpaired) electrons. The zero-order valence-corrected chi connectivity index (χ0v) is 12.1. The molecule has 0 aliphatic heterocycles. The van der Waals surface area contributed by atoms with Crippen molar-refractivity contribution in [2.24, 2.45) is 0 Å². The van der Waals surface area contributed by atoms with Crippen molar-refractivity contribution in [2.45, 2.75) is 12.8 Å². The summed E-state index contributed by atoms with van der Waals surface area (Å²) in [6, 6.07) is 15.9. The van der Waals surface area contributed by atoms with Crippen LogP contribution >= 0.6 is 0 Å². The second-order valence-corrected chi connectivity index (χ2v) is 4.98. The number of phenolic OH excluding ortho intramolecular Hbond substituents is 1. The molecule has 2 aromatic rings. The fraction of sp³-hybridized carbons (Fsp3) is 0.100. The molecule has 1 N–H and O–H groups in total. The van der Waals surface area contributed by atoms with Crippen LogP contribution in [-0.4, -0.2) is 5.11 Å². The quantitative estimate of drug-likeness (QED) is 0.750. The predicted octanol–water partition coefficient (Wildman–Crippen LogP) is 4.82. The van der Waals surface area contributed by atoms with E-state index >= 15 is 0 Å². The molecule has 0 unspecified atom stereocenters. The van der Waals surface area contributed by atoms with Crippen LogP contribution in [0.2, 0.25) is 0 Å². The summed E-state index contributed by atoms with van der Waals surface area (Å²) in [6.45, 7) is 7.53. The molecule has 0 aromatic heterocycles. The highest BCUT2D eigenvalue weighted by Gasteiger charge is 2.05. The standard InChI is InChI=1S/C20H20O/c1-3-8-16(4-2)13-18-11-12-20(21)19(15-18)14-17-9-6-5-7-10-17/h3-12,15,21H,1-2,13-14H2/b16-8+. The second kappa shape index (κ2) is 7.30. The summed E-state index contributed by atoms with van der Waals surface area (Å²) in [5.41, 5.74) is 4.41. The van der Waals surface area contributed by atoms with Crippen LogP contribution in [-0.2, 0) is 12.8 Å². The van der Waals surface area contributed by atoms with Crippen molar-refractivity contribution in [1.82, 2.24) is 0 Å². The molecule has 1 nitrogen and oxygen atoms in total. The van der Waals surface area contributed by atoms with E-state index in [0.717, 1.165) is 29.5 Å². The number of hydrogen-bond acceptors (Lipinski definition) is 1. The summed E-state index contributed by atoms with van der Waals surface area (Å²) in [4.78, 5) is 0. The van der Waals surface area contributed by atoms with Gasteiger partial charge in [-0.3, -0.25) is 0 Å². The van der Waals surface area contributed by atoms with E-state index in [0.29, 0.717) is 5.75 Å². The van der Waals surface area contributed by atoms with Crippen molar-refractivity contribution in [3.8, 4) is 5.75 Å². The van der Waals surface area contributed by atoms with Crippen LogP contribution in [0.4, 0.5) is 0 Å². The Kier molecular flexibility index (Phi) is 5.16. The summed E-state index contributed by atoms with van der Waals surface area (Å²) >= 11 is 0. The monoisotopic (exact) mass is 276 g/mol. The topological polar surface area (TPSA) is 20.2 Å². The van der Waals surface area contributed by atoms with Gasteiger partial charge in [0.15, 0.2) is 0 Å². The van der Waals surface area contributed by atoms with Gasteiger partial charge in [0.2, 0.25) is 0 Å². The number of phenols is 1. The predicted molar refractivity (Wildman–Crippen MR) is 89.5 cm³/mol. The van der Waals surface area contributed by atoms with Crippen LogP contribution in [0.3, 0.4) is 0 Å². The van der Waals surface area contributed by atoms with E-state index in [1.807, 2.05) is 36.4 Å². The molecule has 2 aromatic carbocycles. The van der Waals surface area contributed by atoms with Gasteiger partial charge in [0, 0.05) is 6.42 Å². The van der Waals surface area contributed by atoms with Crippen LogP contribution in [0.5, 0.6) is 5.75 Å². The van der Waals surface area contributed by atoms with E-state index in [1.54, 1.807) is 12.1 Å². The molecule has 0 aliphatic carbocycles. The van der Waals surface area contributed by atoms with Crippen LogP contribution in [0.1, 0.15) is 16.7 Å². The smallest absolute Gasteiger partial charge is 0.119 e. The molecule has 0 atom stereocenters. The van der Waals surface area contributed by atoms with Gasteiger partial charge < -0.3 is 5.11 Å². The van der Waals surface area contributed by atoms with Gasteiger partial charge in [-0.05, 0) is 34.8 Å². The van der Waals surface area contributed by atoms with E-state index in [-0.39, 0.29) is 0 Å². The highest BCUT2D eigenvalue weighted by atomic mass is 16.3. The third kappa shape index (κ3) is 4.22. The summed E-state index contributed by atoms with van der Waals surface area (Å²) in [5, 5.41) is 10.0. The van der Waals surface area contributed by atoms with Gasteiger partial charge in [-0.25, -0.2) is 0 Å². The molecule has 0 aliphatic rings. The van der Waals surface area contributed by atoms with E-state index in [2.05, 4.69) is 31.4 Å². The lowest BCUT2D eigenvalue weighted by Crippen LogP contribution is -1.93. The lowest BCUT2D eigenvalue weighted by molar-refractivity contribution is 0.469. The maximum Gasteiger partial charge on any atom is 0.119 e. The van der Waals surface area contributed by atoms with Crippen LogP contribution in [0.15, 0.2) is 85.5 Å². The van der Waals surface area contributed by atoms with Crippen molar-refractivity contribution in [1.29, 1.82) is 0 Å². The Morgan fingerprint density at radius 3 is 2.43 bits per heavy atom. The van der Waals surface area contributed by atoms with Gasteiger partial charge >= 0.3 is 0 Å². The first-order valence-corrected chi connectivity index (χ1v) is 7.01. The molecule has 0 saturated carbocycles. The van der Waals surface area contributed by atoms with E-state index in [1.165, 1.54) is 5.56 Å². The normalized spacial score (nSPS) is 11.1. The first kappa shape index (κ1) is 14.9. The van der Waals surface area contributed by atoms with Crippen molar-refractivity contribution in [2.75, 3.05) is 0 Å². The fourth-order valence-corrected chi connectivity index (χ4v) is 2.29. The molecule has 0 spiro atoms. The van der Waals surface area contributed by atoms with E-state index in [4.69, 9.17) is 0 Å². The van der Waals surface area contributed by atoms with E-state index < -0.39 is 0 Å². The molecule has 1 heteroatoms. The Morgan fingerprint density at radius 2 is 1.76 bits per heavy atom. The average Bonchev–Trinajstić information content (AvgIpc) is 2.51. The zero-order chi connectivity index (χ0) is 15.1. The molecule has 0 saturated heterocycles. The van der Waals surface area contributed by atoms with E-state index in [9.17, 15) is 5.11 Å². The highest BCUT2D eigenvalue weighted by molar-refractivity contribution is 5.41. The highest BCUT2D eigenvalue weighted by Crippen LogP contribution is 2.23. The van der Waals surface area contributed by atoms with Gasteiger partial charge in [-0.15, -0.1) is 0 Å². The van der Waals surface area contributed by atoms with Crippen LogP contribution in [0, 0.1) is 0 Å². The van der Waals surface area contributed by atoms with Crippen LogP contribution in [0.25, 0.3) is 0 Å². The summed E-state index contributed by atoms with van der Waals surface area (Å²) in [7, 11) is 0. The molecule has 0 bridgehead atoms. The SMILES string of the molecule is C=C/C=C(\C=C)Cc1ccc(O)c(Cc2ccccc2)c1. The Hall–Kier alpha value is -2.54. The van der Waals surface area contributed by atoms with Gasteiger partial charge in [0.05, 0.1) is 0 Å². The number of hydrogen-bond donors (Lipinski definition) is 1. The maximum atomic E-state index is 10.0. The Morgan fingerprint density at radius 1 is 1.00 bits per heavy atom. The fourth-order valence-electron chi connectivity index (χ4n) is 2.29. The maximum absolute atomic E-state index is 10.0. The van der Waals surface area contributed by atoms with Gasteiger partial charge in [-0.1, -0.05) is 73.9 Å². The van der Waals surface area contributed by atoms with Gasteiger partial charge in [0.1, 0.15) is 5.75 Å². The lowest BCUT2D eigenvalue weighted by atomic mass is 9.98. The molecular formula is C20H20O. The molecule has 0 amide bonds. The number of allylic oxidation sites excluding steroid dienone is 4. The van der Waals surface area contributed by atoms with Crippen molar-refractivity contribution in [3.63, 3.8) is 0 Å². The molecule has 21 heavy (non-hydrogen) atoms. The molecular weight excluding hydrogens is 256 g/mol. The molecule has 106 valence electrons. The molecule has 0 heterocycles. The number of rotatable bonds is 6. The number of benzene rings is 2. The Balaban J connectivity index is 2.23. The van der Waals surface area contributed by atoms with Crippen LogP contribution < -0.4 is 0 Å². The summed E-state index contributed by atoms with van der Waals surface area (Å²) < 4.78 is 0. The zero-order valence-electron chi connectivity index (χ0n) is 12.1. The molecule has 2 rings (SSSR count).